The molecule has 4 rings (SSSR count). The minimum Gasteiger partial charge on any atom is -0.491 e. The number of rotatable bonds is 10. The Bertz CT molecular complexity index is 1080. The number of aliphatic hydroxyl groups is 1. The first-order valence-electron chi connectivity index (χ1n) is 11.7. The molecule has 2 atom stereocenters. The van der Waals surface area contributed by atoms with Gasteiger partial charge in [-0.15, -0.1) is 17.9 Å². The summed E-state index contributed by atoms with van der Waals surface area (Å²) in [7, 11) is 0. The number of aliphatic hydroxyl groups excluding tert-OH is 1. The topological polar surface area (TPSA) is 53.0 Å². The summed E-state index contributed by atoms with van der Waals surface area (Å²) in [6.07, 6.45) is 1.96. The Morgan fingerprint density at radius 2 is 2.00 bits per heavy atom. The number of hydrogen-bond donors (Lipinski definition) is 1. The van der Waals surface area contributed by atoms with Gasteiger partial charge in [0.05, 0.1) is 18.7 Å². The fourth-order valence-corrected chi connectivity index (χ4v) is 5.31. The molecule has 0 bridgehead atoms. The van der Waals surface area contributed by atoms with Crippen LogP contribution in [0.15, 0.2) is 78.7 Å². The molecule has 2 heterocycles. The zero-order valence-electron chi connectivity index (χ0n) is 19.6. The molecule has 2 unspecified atom stereocenters. The van der Waals surface area contributed by atoms with E-state index < -0.39 is 6.10 Å². The average Bonchev–Trinajstić information content (AvgIpc) is 3.33. The van der Waals surface area contributed by atoms with Crippen molar-refractivity contribution in [1.82, 2.24) is 9.80 Å². The Labute approximate surface area is 205 Å². The molecule has 0 aliphatic carbocycles. The van der Waals surface area contributed by atoms with E-state index in [4.69, 9.17) is 4.74 Å². The van der Waals surface area contributed by atoms with E-state index in [0.717, 1.165) is 17.7 Å². The maximum absolute atomic E-state index is 13.5. The van der Waals surface area contributed by atoms with Crippen molar-refractivity contribution in [1.29, 1.82) is 0 Å². The lowest BCUT2D eigenvalue weighted by atomic mass is 10.00. The number of nitrogens with zero attached hydrogens (tertiary/aromatic N) is 2. The Balaban J connectivity index is 1.46. The minimum atomic E-state index is -0.667. The van der Waals surface area contributed by atoms with E-state index >= 15 is 0 Å². The molecule has 0 saturated heterocycles. The van der Waals surface area contributed by atoms with Crippen LogP contribution < -0.4 is 4.74 Å². The summed E-state index contributed by atoms with van der Waals surface area (Å²) in [5.74, 6) is 0.844. The number of ether oxygens (including phenoxy) is 1. The first-order chi connectivity index (χ1) is 16.5. The van der Waals surface area contributed by atoms with Crippen LogP contribution in [0.2, 0.25) is 0 Å². The number of fused-ring (bicyclic) bond motifs is 1. The van der Waals surface area contributed by atoms with Gasteiger partial charge in [0.1, 0.15) is 12.4 Å². The van der Waals surface area contributed by atoms with Crippen LogP contribution in [0, 0.1) is 6.92 Å². The predicted molar refractivity (Wildman–Crippen MR) is 137 cm³/mol. The van der Waals surface area contributed by atoms with Gasteiger partial charge in [-0.1, -0.05) is 54.1 Å². The smallest absolute Gasteiger partial charge is 0.237 e. The molecule has 34 heavy (non-hydrogen) atoms. The van der Waals surface area contributed by atoms with Crippen molar-refractivity contribution in [2.45, 2.75) is 25.5 Å². The standard InChI is InChI=1S/C28H32N2O3S/c1-3-15-29(18-26(31)22-7-5-4-6-8-22)19-28(32)30-16-13-27-24(14-17-34-27)25(30)20-33-23-11-9-21(2)10-12-23/h3-12,14,17,25-26,31H,1,13,15-16,18-20H2,2H3. The second-order valence-electron chi connectivity index (χ2n) is 8.69. The Morgan fingerprint density at radius 1 is 1.24 bits per heavy atom. The Hall–Kier alpha value is -2.93. The largest absolute Gasteiger partial charge is 0.491 e. The van der Waals surface area contributed by atoms with Gasteiger partial charge in [0.15, 0.2) is 0 Å². The van der Waals surface area contributed by atoms with Gasteiger partial charge >= 0.3 is 0 Å². The van der Waals surface area contributed by atoms with E-state index in [0.29, 0.717) is 26.2 Å². The highest BCUT2D eigenvalue weighted by molar-refractivity contribution is 7.10. The third kappa shape index (κ3) is 5.95. The highest BCUT2D eigenvalue weighted by Gasteiger charge is 2.33. The van der Waals surface area contributed by atoms with Crippen molar-refractivity contribution < 1.29 is 14.6 Å². The van der Waals surface area contributed by atoms with E-state index in [2.05, 4.69) is 18.0 Å². The van der Waals surface area contributed by atoms with E-state index in [-0.39, 0.29) is 18.5 Å². The summed E-state index contributed by atoms with van der Waals surface area (Å²) < 4.78 is 6.12. The zero-order valence-corrected chi connectivity index (χ0v) is 20.4. The summed E-state index contributed by atoms with van der Waals surface area (Å²) in [5, 5.41) is 12.8. The quantitative estimate of drug-likeness (QED) is 0.428. The van der Waals surface area contributed by atoms with Crippen LogP contribution in [0.5, 0.6) is 5.75 Å². The van der Waals surface area contributed by atoms with Crippen molar-refractivity contribution >= 4 is 17.2 Å². The second kappa shape index (κ2) is 11.5. The van der Waals surface area contributed by atoms with Crippen LogP contribution in [0.1, 0.15) is 33.7 Å². The zero-order chi connectivity index (χ0) is 23.9. The number of amides is 1. The minimum absolute atomic E-state index is 0.0384. The van der Waals surface area contributed by atoms with Crippen molar-refractivity contribution in [2.24, 2.45) is 0 Å². The molecule has 1 N–H and O–H groups in total. The second-order valence-corrected chi connectivity index (χ2v) is 9.69. The molecule has 1 aromatic heterocycles. The molecule has 3 aromatic rings. The predicted octanol–water partition coefficient (Wildman–Crippen LogP) is 4.78. The van der Waals surface area contributed by atoms with Gasteiger partial charge in [-0.05, 0) is 48.1 Å². The fraction of sp³-hybridized carbons (Fsp3) is 0.321. The third-order valence-electron chi connectivity index (χ3n) is 6.21. The van der Waals surface area contributed by atoms with E-state index in [1.165, 1.54) is 16.0 Å². The molecule has 6 heteroatoms. The lowest BCUT2D eigenvalue weighted by molar-refractivity contribution is -0.136. The average molecular weight is 477 g/mol. The normalized spacial score (nSPS) is 16.2. The molecule has 5 nitrogen and oxygen atoms in total. The van der Waals surface area contributed by atoms with Gasteiger partial charge in [0.2, 0.25) is 5.91 Å². The number of carbonyl (C=O) groups is 1. The summed E-state index contributed by atoms with van der Waals surface area (Å²) in [6, 6.07) is 19.5. The molecule has 178 valence electrons. The lowest BCUT2D eigenvalue weighted by Crippen LogP contribution is -2.47. The highest BCUT2D eigenvalue weighted by atomic mass is 32.1. The molecule has 0 radical (unpaired) electrons. The van der Waals surface area contributed by atoms with Crippen molar-refractivity contribution in [3.8, 4) is 5.75 Å². The summed E-state index contributed by atoms with van der Waals surface area (Å²) in [6.45, 7) is 8.07. The van der Waals surface area contributed by atoms with E-state index in [1.807, 2.05) is 71.3 Å². The van der Waals surface area contributed by atoms with Crippen LogP contribution in [0.4, 0.5) is 0 Å². The number of thiophene rings is 1. The van der Waals surface area contributed by atoms with Crippen LogP contribution in [-0.4, -0.2) is 53.6 Å². The number of benzene rings is 2. The molecule has 0 saturated carbocycles. The first-order valence-corrected chi connectivity index (χ1v) is 12.5. The van der Waals surface area contributed by atoms with Gasteiger partial charge < -0.3 is 14.7 Å². The van der Waals surface area contributed by atoms with Crippen LogP contribution in [0.25, 0.3) is 0 Å². The summed E-state index contributed by atoms with van der Waals surface area (Å²) >= 11 is 1.74. The van der Waals surface area contributed by atoms with Crippen LogP contribution >= 0.6 is 11.3 Å². The summed E-state index contributed by atoms with van der Waals surface area (Å²) in [5.41, 5.74) is 3.20. The number of aryl methyl sites for hydroxylation is 1. The van der Waals surface area contributed by atoms with Crippen molar-refractivity contribution in [3.63, 3.8) is 0 Å². The molecular formula is C28H32N2O3S. The van der Waals surface area contributed by atoms with Crippen LogP contribution in [-0.2, 0) is 11.2 Å². The monoisotopic (exact) mass is 476 g/mol. The number of hydrogen-bond acceptors (Lipinski definition) is 5. The van der Waals surface area contributed by atoms with Crippen molar-refractivity contribution in [2.75, 3.05) is 32.8 Å². The van der Waals surface area contributed by atoms with Gasteiger partial charge in [-0.3, -0.25) is 9.69 Å². The summed E-state index contributed by atoms with van der Waals surface area (Å²) in [4.78, 5) is 18.7. The van der Waals surface area contributed by atoms with Crippen LogP contribution in [0.3, 0.4) is 0 Å². The van der Waals surface area contributed by atoms with E-state index in [9.17, 15) is 9.90 Å². The molecule has 0 spiro atoms. The van der Waals surface area contributed by atoms with Gasteiger partial charge in [0, 0.05) is 24.5 Å². The molecule has 1 amide bonds. The molecule has 1 aliphatic heterocycles. The maximum atomic E-state index is 13.5. The van der Waals surface area contributed by atoms with Gasteiger partial charge in [-0.2, -0.15) is 0 Å². The van der Waals surface area contributed by atoms with E-state index in [1.54, 1.807) is 17.4 Å². The number of carbonyl (C=O) groups excluding carboxylic acids is 1. The first kappa shape index (κ1) is 24.2. The van der Waals surface area contributed by atoms with Crippen molar-refractivity contribution in [3.05, 3.63) is 100 Å². The van der Waals surface area contributed by atoms with Gasteiger partial charge in [0.25, 0.3) is 0 Å². The highest BCUT2D eigenvalue weighted by Crippen LogP contribution is 2.34. The molecule has 0 fully saturated rings. The Morgan fingerprint density at radius 3 is 2.74 bits per heavy atom. The van der Waals surface area contributed by atoms with Gasteiger partial charge in [-0.25, -0.2) is 0 Å². The molecule has 2 aromatic carbocycles. The lowest BCUT2D eigenvalue weighted by Gasteiger charge is -2.37. The SMILES string of the molecule is C=CCN(CC(=O)N1CCc2sccc2C1COc1ccc(C)cc1)CC(O)c1ccccc1. The maximum Gasteiger partial charge on any atom is 0.237 e. The third-order valence-corrected chi connectivity index (χ3v) is 7.20. The Kier molecular flexibility index (Phi) is 8.16. The fourth-order valence-electron chi connectivity index (χ4n) is 4.38. The molecule has 1 aliphatic rings. The molecular weight excluding hydrogens is 444 g/mol.